The molecule has 3 aliphatic rings. The smallest absolute Gasteiger partial charge is 0.280 e. The van der Waals surface area contributed by atoms with Crippen molar-refractivity contribution in [3.05, 3.63) is 58.7 Å². The Morgan fingerprint density at radius 3 is 2.62 bits per heavy atom. The fraction of sp³-hybridized carbons (Fsp3) is 0.464. The summed E-state index contributed by atoms with van der Waals surface area (Å²) in [5.41, 5.74) is 10.8. The molecule has 2 fully saturated rings. The molecule has 2 saturated heterocycles. The molecule has 9 heteroatoms. The second-order valence-electron chi connectivity index (χ2n) is 9.68. The number of benzene rings is 2. The van der Waals surface area contributed by atoms with Gasteiger partial charge in [0.25, 0.3) is 5.91 Å². The molecule has 3 aliphatic heterocycles. The lowest BCUT2D eigenvalue weighted by atomic mass is 9.79. The summed E-state index contributed by atoms with van der Waals surface area (Å²) in [5.74, 6) is 3.73. The van der Waals surface area contributed by atoms with Gasteiger partial charge in [-0.2, -0.15) is 16.8 Å². The van der Waals surface area contributed by atoms with Crippen LogP contribution in [0.3, 0.4) is 0 Å². The van der Waals surface area contributed by atoms with Crippen LogP contribution in [0, 0.1) is 0 Å². The summed E-state index contributed by atoms with van der Waals surface area (Å²) in [6, 6.07) is 11.9. The molecule has 2 atom stereocenters. The van der Waals surface area contributed by atoms with Gasteiger partial charge in [0.1, 0.15) is 0 Å². The summed E-state index contributed by atoms with van der Waals surface area (Å²) >= 11 is 1.89. The minimum Gasteiger partial charge on any atom is -0.493 e. The van der Waals surface area contributed by atoms with E-state index in [9.17, 15) is 4.79 Å². The topological polar surface area (TPSA) is 92.7 Å². The van der Waals surface area contributed by atoms with Gasteiger partial charge < -0.3 is 25.0 Å². The van der Waals surface area contributed by atoms with E-state index in [2.05, 4.69) is 23.0 Å². The number of methoxy groups -OCH3 is 1. The first-order valence-electron chi connectivity index (χ1n) is 12.9. The number of likely N-dealkylation sites (N-methyl/N-ethyl adjacent to an activating group) is 1. The highest BCUT2D eigenvalue weighted by molar-refractivity contribution is 7.99. The van der Waals surface area contributed by atoms with Crippen LogP contribution in [-0.2, 0) is 0 Å². The predicted molar refractivity (Wildman–Crippen MR) is 150 cm³/mol. The number of nitrogens with two attached hydrogens (primary N) is 1. The highest BCUT2D eigenvalue weighted by Crippen LogP contribution is 2.42. The van der Waals surface area contributed by atoms with Crippen LogP contribution in [0.2, 0.25) is 0 Å². The molecule has 0 aliphatic carbocycles. The number of likely N-dealkylation sites (tertiary alicyclic amines) is 1. The molecule has 2 N–H and O–H groups in total. The van der Waals surface area contributed by atoms with Gasteiger partial charge in [0, 0.05) is 53.7 Å². The Bertz CT molecular complexity index is 1210. The monoisotopic (exact) mass is 521 g/mol. The molecule has 2 aromatic carbocycles. The number of ether oxygens (including phenoxy) is 2. The molecule has 0 bridgehead atoms. The van der Waals surface area contributed by atoms with Gasteiger partial charge in [-0.15, -0.1) is 0 Å². The SMILES string of the molecule is CCOc1cc2c(cc1OC)C(c1ccc(C(=O)N=C(N)N3CCSCC3)cc1)=NC1CCN(C)CC21. The van der Waals surface area contributed by atoms with E-state index in [1.54, 1.807) is 7.11 Å². The van der Waals surface area contributed by atoms with E-state index < -0.39 is 0 Å². The molecule has 0 saturated carbocycles. The maximum atomic E-state index is 12.8. The summed E-state index contributed by atoms with van der Waals surface area (Å²) in [6.07, 6.45) is 1.000. The molecule has 1 amide bonds. The molecule has 2 aromatic rings. The van der Waals surface area contributed by atoms with Crippen LogP contribution in [-0.4, -0.2) is 91.9 Å². The molecule has 37 heavy (non-hydrogen) atoms. The molecular formula is C28H35N5O3S. The number of guanidine groups is 1. The maximum Gasteiger partial charge on any atom is 0.280 e. The van der Waals surface area contributed by atoms with E-state index in [0.29, 0.717) is 29.8 Å². The van der Waals surface area contributed by atoms with Crippen molar-refractivity contribution in [1.29, 1.82) is 0 Å². The zero-order valence-corrected chi connectivity index (χ0v) is 22.6. The summed E-state index contributed by atoms with van der Waals surface area (Å²) in [4.78, 5) is 26.6. The Balaban J connectivity index is 1.46. The Hall–Kier alpha value is -3.04. The largest absolute Gasteiger partial charge is 0.493 e. The molecular weight excluding hydrogens is 486 g/mol. The Morgan fingerprint density at radius 2 is 1.92 bits per heavy atom. The molecule has 0 spiro atoms. The maximum absolute atomic E-state index is 12.8. The number of carbonyl (C=O) groups is 1. The molecule has 0 radical (unpaired) electrons. The van der Waals surface area contributed by atoms with Crippen LogP contribution in [0.15, 0.2) is 46.4 Å². The number of nitrogens with zero attached hydrogens (tertiary/aromatic N) is 4. The fourth-order valence-electron chi connectivity index (χ4n) is 5.35. The summed E-state index contributed by atoms with van der Waals surface area (Å²) in [7, 11) is 3.83. The van der Waals surface area contributed by atoms with Crippen molar-refractivity contribution >= 4 is 29.3 Å². The number of thioether (sulfide) groups is 1. The standard InChI is InChI=1S/C28H35N5O3S/c1-4-36-25-15-20-21(16-24(25)35-3)26(30-23-9-10-32(2)17-22(20)23)18-5-7-19(8-6-18)27(34)31-28(29)33-11-13-37-14-12-33/h5-8,15-16,22-23H,4,9-14,17H2,1-3H3,(H2,29,31,34). The van der Waals surface area contributed by atoms with Gasteiger partial charge in [0.15, 0.2) is 17.5 Å². The Labute approximate surface area is 222 Å². The van der Waals surface area contributed by atoms with Crippen molar-refractivity contribution in [1.82, 2.24) is 9.80 Å². The van der Waals surface area contributed by atoms with Crippen LogP contribution in [0.4, 0.5) is 0 Å². The molecule has 2 unspecified atom stereocenters. The van der Waals surface area contributed by atoms with E-state index in [4.69, 9.17) is 20.2 Å². The van der Waals surface area contributed by atoms with Gasteiger partial charge >= 0.3 is 0 Å². The lowest BCUT2D eigenvalue weighted by molar-refractivity contribution is 0.100. The third-order valence-corrected chi connectivity index (χ3v) is 8.26. The number of fused-ring (bicyclic) bond motifs is 3. The molecule has 0 aromatic heterocycles. The van der Waals surface area contributed by atoms with E-state index >= 15 is 0 Å². The molecule has 196 valence electrons. The summed E-state index contributed by atoms with van der Waals surface area (Å²) in [6.45, 7) is 6.16. The van der Waals surface area contributed by atoms with Gasteiger partial charge in [-0.05, 0) is 56.8 Å². The summed E-state index contributed by atoms with van der Waals surface area (Å²) < 4.78 is 11.6. The predicted octanol–water partition coefficient (Wildman–Crippen LogP) is 3.24. The van der Waals surface area contributed by atoms with Crippen molar-refractivity contribution in [3.8, 4) is 11.5 Å². The van der Waals surface area contributed by atoms with E-state index in [0.717, 1.165) is 66.7 Å². The normalized spacial score (nSPS) is 22.1. The number of hydrogen-bond donors (Lipinski definition) is 1. The first-order chi connectivity index (χ1) is 18.0. The van der Waals surface area contributed by atoms with Crippen LogP contribution in [0.5, 0.6) is 11.5 Å². The lowest BCUT2D eigenvalue weighted by Crippen LogP contribution is -2.43. The fourth-order valence-corrected chi connectivity index (χ4v) is 6.25. The zero-order valence-electron chi connectivity index (χ0n) is 21.8. The minimum absolute atomic E-state index is 0.204. The van der Waals surface area contributed by atoms with Crippen LogP contribution in [0.1, 0.15) is 46.3 Å². The number of amides is 1. The van der Waals surface area contributed by atoms with Gasteiger partial charge in [-0.25, -0.2) is 0 Å². The third kappa shape index (κ3) is 5.33. The van der Waals surface area contributed by atoms with E-state index in [-0.39, 0.29) is 11.9 Å². The number of rotatable bonds is 5. The van der Waals surface area contributed by atoms with Crippen LogP contribution >= 0.6 is 11.8 Å². The summed E-state index contributed by atoms with van der Waals surface area (Å²) in [5, 5.41) is 0. The lowest BCUT2D eigenvalue weighted by Gasteiger charge is -2.39. The van der Waals surface area contributed by atoms with Gasteiger partial charge in [-0.1, -0.05) is 12.1 Å². The molecule has 8 nitrogen and oxygen atoms in total. The first-order valence-corrected chi connectivity index (χ1v) is 14.1. The quantitative estimate of drug-likeness (QED) is 0.477. The Kier molecular flexibility index (Phi) is 7.71. The average Bonchev–Trinajstić information content (AvgIpc) is 2.93. The van der Waals surface area contributed by atoms with Gasteiger partial charge in [0.2, 0.25) is 0 Å². The highest BCUT2D eigenvalue weighted by Gasteiger charge is 2.36. The number of aliphatic imine (C=N–C) groups is 2. The molecule has 5 rings (SSSR count). The van der Waals surface area contributed by atoms with Crippen molar-refractivity contribution in [2.24, 2.45) is 15.7 Å². The second-order valence-corrected chi connectivity index (χ2v) is 10.9. The minimum atomic E-state index is -0.327. The number of hydrogen-bond acceptors (Lipinski definition) is 6. The van der Waals surface area contributed by atoms with Gasteiger partial charge in [-0.3, -0.25) is 9.79 Å². The Morgan fingerprint density at radius 1 is 1.16 bits per heavy atom. The van der Waals surface area contributed by atoms with Crippen molar-refractivity contribution < 1.29 is 14.3 Å². The average molecular weight is 522 g/mol. The van der Waals surface area contributed by atoms with E-state index in [1.165, 1.54) is 5.56 Å². The second kappa shape index (κ2) is 11.1. The first kappa shape index (κ1) is 25.6. The van der Waals surface area contributed by atoms with Gasteiger partial charge in [0.05, 0.1) is 25.5 Å². The molecule has 3 heterocycles. The number of carbonyl (C=O) groups excluding carboxylic acids is 1. The highest BCUT2D eigenvalue weighted by atomic mass is 32.2. The van der Waals surface area contributed by atoms with E-state index in [1.807, 2.05) is 53.9 Å². The third-order valence-electron chi connectivity index (χ3n) is 7.32. The van der Waals surface area contributed by atoms with Crippen LogP contribution < -0.4 is 15.2 Å². The van der Waals surface area contributed by atoms with Crippen LogP contribution in [0.25, 0.3) is 0 Å². The number of piperidine rings is 1. The van der Waals surface area contributed by atoms with Crippen molar-refractivity contribution in [2.45, 2.75) is 25.3 Å². The zero-order chi connectivity index (χ0) is 25.9. The van der Waals surface area contributed by atoms with Crippen molar-refractivity contribution in [3.63, 3.8) is 0 Å². The van der Waals surface area contributed by atoms with Crippen molar-refractivity contribution in [2.75, 3.05) is 58.4 Å².